The number of H-pyrrole nitrogens is 1. The first kappa shape index (κ1) is 32.2. The first-order valence-electron chi connectivity index (χ1n) is 23.9. The summed E-state index contributed by atoms with van der Waals surface area (Å²) >= 11 is 0. The van der Waals surface area contributed by atoms with Gasteiger partial charge in [0.1, 0.15) is 11.9 Å². The Bertz CT molecular complexity index is 2800. The summed E-state index contributed by atoms with van der Waals surface area (Å²) in [5.74, 6) is -9.17. The highest BCUT2D eigenvalue weighted by atomic mass is 19.1. The van der Waals surface area contributed by atoms with Crippen molar-refractivity contribution in [1.82, 2.24) is 30.2 Å². The van der Waals surface area contributed by atoms with E-state index in [9.17, 15) is 28.8 Å². The number of benzene rings is 3. The first-order valence-corrected chi connectivity index (χ1v) is 19.9. The third-order valence-electron chi connectivity index (χ3n) is 11.7. The number of ether oxygens (including phenoxy) is 1. The summed E-state index contributed by atoms with van der Waals surface area (Å²) in [5.41, 5.74) is -0.716. The number of imide groups is 2. The van der Waals surface area contributed by atoms with Crippen LogP contribution in [0.15, 0.2) is 60.7 Å². The maximum atomic E-state index is 16.6. The second-order valence-corrected chi connectivity index (χ2v) is 15.5. The Morgan fingerprint density at radius 3 is 2.32 bits per heavy atom. The molecular weight excluding hydrogens is 805 g/mol. The minimum absolute atomic E-state index is 0.188. The van der Waals surface area contributed by atoms with Crippen LogP contribution in [-0.4, -0.2) is 119 Å². The van der Waals surface area contributed by atoms with Gasteiger partial charge < -0.3 is 24.8 Å². The number of methoxy groups -OCH3 is 1. The number of amides is 6. The summed E-state index contributed by atoms with van der Waals surface area (Å²) < 4.78 is 110. The number of nitrogens with zero attached hydrogens (tertiary/aromatic N) is 6. The molecule has 1 aromatic heterocycles. The molecule has 5 aliphatic heterocycles. The van der Waals surface area contributed by atoms with E-state index in [4.69, 9.17) is 15.7 Å². The summed E-state index contributed by atoms with van der Waals surface area (Å²) in [7, 11) is 1.46. The van der Waals surface area contributed by atoms with Crippen LogP contribution in [0, 0.1) is 17.6 Å². The third kappa shape index (κ3) is 7.57. The molecule has 6 heterocycles. The van der Waals surface area contributed by atoms with Crippen LogP contribution in [-0.2, 0) is 32.2 Å². The van der Waals surface area contributed by atoms with Gasteiger partial charge in [0.05, 0.1) is 41.1 Å². The van der Waals surface area contributed by atoms with Gasteiger partial charge in [-0.15, -0.1) is 0 Å². The van der Waals surface area contributed by atoms with Crippen LogP contribution in [0.3, 0.4) is 0 Å². The van der Waals surface area contributed by atoms with E-state index in [0.717, 1.165) is 5.69 Å². The smallest absolute Gasteiger partial charge is 0.265 e. The number of hydrogen-bond acceptors (Lipinski definition) is 11. The van der Waals surface area contributed by atoms with E-state index < -0.39 is 109 Å². The highest BCUT2D eigenvalue weighted by Crippen LogP contribution is 2.37. The van der Waals surface area contributed by atoms with E-state index >= 15 is 8.78 Å². The Hall–Kier alpha value is -6.53. The molecule has 0 saturated carbocycles. The zero-order valence-electron chi connectivity index (χ0n) is 41.2. The molecule has 3 fully saturated rings. The molecule has 62 heavy (non-hydrogen) atoms. The van der Waals surface area contributed by atoms with E-state index in [1.165, 1.54) is 7.11 Å². The van der Waals surface area contributed by atoms with Gasteiger partial charge in [-0.1, -0.05) is 30.3 Å². The highest BCUT2D eigenvalue weighted by molar-refractivity contribution is 6.24. The van der Waals surface area contributed by atoms with E-state index in [1.807, 2.05) is 40.5 Å². The average Bonchev–Trinajstić information content (AvgIpc) is 3.99. The van der Waals surface area contributed by atoms with Crippen LogP contribution in [0.2, 0.25) is 0 Å². The predicted octanol–water partition coefficient (Wildman–Crippen LogP) is 3.61. The van der Waals surface area contributed by atoms with Crippen molar-refractivity contribution in [3.05, 3.63) is 106 Å². The lowest BCUT2D eigenvalue weighted by Gasteiger charge is -2.40. The predicted molar refractivity (Wildman–Crippen MR) is 220 cm³/mol. The van der Waals surface area contributed by atoms with Crippen molar-refractivity contribution in [3.63, 3.8) is 0 Å². The number of halogens is 2. The number of aromatic nitrogens is 2. The molecule has 4 aromatic rings. The quantitative estimate of drug-likeness (QED) is 0.199. The Balaban J connectivity index is 0.850. The van der Waals surface area contributed by atoms with Gasteiger partial charge in [0.15, 0.2) is 17.7 Å². The van der Waals surface area contributed by atoms with Crippen molar-refractivity contribution in [1.29, 1.82) is 0 Å². The number of anilines is 3. The highest BCUT2D eigenvalue weighted by Gasteiger charge is 2.48. The standard InChI is InChI=1S/C44H45F2N9O7/c1-62-38(26-5-3-2-4-6-26)44(61)54-23-29-31(24-54)49-50-39(29)48-40(57)27-7-9-28(10-8-27)52-15-13-25(14-16-52)22-51-17-19-53(20-18-51)33-21-30(45)35-36(37(33)46)43(60)55(42(35)59)32-11-12-34(56)47-41(32)58/h2-10,21,25,32,38H,11-20,22-24H2,1H3,(H,47,56,58)(H2,48,49,50,57)/t32?,38-/m1/s1/i17D2,18D2,19D2,20D2. The van der Waals surface area contributed by atoms with Crippen LogP contribution < -0.4 is 20.4 Å². The van der Waals surface area contributed by atoms with Crippen molar-refractivity contribution in [3.8, 4) is 0 Å². The SMILES string of the molecule is [2H]C1([2H])N(CC2CCN(c3ccc(C(=O)Nc4n[nH]c5c4CN(C(=O)[C@H](OC)c4ccccc4)C5)cc3)CC2)C([2H])([2H])C([2H])([2H])N(c2cc(F)c3c(c2F)C(=O)N(C2CCC(=O)NC2=O)C3=O)C1([2H])[2H]. The normalized spacial score (nSPS) is 25.2. The molecule has 3 saturated heterocycles. The van der Waals surface area contributed by atoms with Crippen molar-refractivity contribution < 1.29 is 53.3 Å². The number of fused-ring (bicyclic) bond motifs is 2. The first-order chi connectivity index (χ1) is 33.0. The second kappa shape index (κ2) is 16.7. The third-order valence-corrected chi connectivity index (χ3v) is 11.7. The fraction of sp³-hybridized carbons (Fsp3) is 0.386. The summed E-state index contributed by atoms with van der Waals surface area (Å²) in [6.07, 6.45) is -0.848. The molecule has 322 valence electrons. The summed E-state index contributed by atoms with van der Waals surface area (Å²) in [4.78, 5) is 81.9. The van der Waals surface area contributed by atoms with Gasteiger partial charge >= 0.3 is 0 Å². The van der Waals surface area contributed by atoms with Gasteiger partial charge in [-0.05, 0) is 55.0 Å². The van der Waals surface area contributed by atoms with Gasteiger partial charge in [-0.25, -0.2) is 8.78 Å². The molecule has 0 aliphatic carbocycles. The van der Waals surface area contributed by atoms with Gasteiger partial charge in [0.2, 0.25) is 11.8 Å². The molecular formula is C44H45F2N9O7. The fourth-order valence-corrected chi connectivity index (χ4v) is 8.43. The Morgan fingerprint density at radius 2 is 1.63 bits per heavy atom. The Kier molecular flexibility index (Phi) is 8.70. The molecule has 9 rings (SSSR count). The number of carbonyl (C=O) groups excluding carboxylic acids is 6. The average molecular weight is 858 g/mol. The topological polar surface area (TPSA) is 181 Å². The Morgan fingerprint density at radius 1 is 0.919 bits per heavy atom. The molecule has 2 atom stereocenters. The van der Waals surface area contributed by atoms with Crippen molar-refractivity contribution in [2.45, 2.75) is 50.9 Å². The van der Waals surface area contributed by atoms with E-state index in [2.05, 4.69) is 15.5 Å². The lowest BCUT2D eigenvalue weighted by atomic mass is 9.95. The molecule has 5 aliphatic rings. The Labute approximate surface area is 366 Å². The largest absolute Gasteiger partial charge is 0.372 e. The monoisotopic (exact) mass is 857 g/mol. The number of rotatable bonds is 10. The van der Waals surface area contributed by atoms with Gasteiger partial charge in [-0.2, -0.15) is 5.10 Å². The summed E-state index contributed by atoms with van der Waals surface area (Å²) in [6.45, 7) is -13.6. The minimum Gasteiger partial charge on any atom is -0.372 e. The number of piperidine rings is 2. The lowest BCUT2D eigenvalue weighted by molar-refractivity contribution is -0.143. The van der Waals surface area contributed by atoms with Crippen molar-refractivity contribution in [2.24, 2.45) is 5.92 Å². The maximum absolute atomic E-state index is 16.6. The van der Waals surface area contributed by atoms with E-state index in [-0.39, 0.29) is 53.5 Å². The zero-order chi connectivity index (χ0) is 50.4. The van der Waals surface area contributed by atoms with Crippen LogP contribution in [0.4, 0.5) is 26.0 Å². The van der Waals surface area contributed by atoms with Crippen molar-refractivity contribution in [2.75, 3.05) is 67.8 Å². The molecule has 1 unspecified atom stereocenters. The summed E-state index contributed by atoms with van der Waals surface area (Å²) in [6, 6.07) is 14.3. The zero-order valence-corrected chi connectivity index (χ0v) is 33.2. The van der Waals surface area contributed by atoms with Gasteiger partial charge in [-0.3, -0.25) is 49.0 Å². The molecule has 3 aromatic carbocycles. The molecule has 16 nitrogen and oxygen atoms in total. The number of aromatic amines is 1. The molecule has 0 spiro atoms. The van der Waals surface area contributed by atoms with Crippen LogP contribution >= 0.6 is 0 Å². The molecule has 3 N–H and O–H groups in total. The van der Waals surface area contributed by atoms with E-state index in [1.54, 1.807) is 29.2 Å². The van der Waals surface area contributed by atoms with Gasteiger partial charge in [0, 0.05) is 87.5 Å². The maximum Gasteiger partial charge on any atom is 0.265 e. The van der Waals surface area contributed by atoms with Crippen molar-refractivity contribution >= 4 is 52.6 Å². The second-order valence-electron chi connectivity index (χ2n) is 15.5. The van der Waals surface area contributed by atoms with Crippen LogP contribution in [0.5, 0.6) is 0 Å². The molecule has 18 heteroatoms. The van der Waals surface area contributed by atoms with Crippen LogP contribution in [0.25, 0.3) is 0 Å². The number of nitrogens with one attached hydrogen (secondary N) is 3. The number of hydrogen-bond donors (Lipinski definition) is 3. The van der Waals surface area contributed by atoms with Crippen LogP contribution in [0.1, 0.15) is 90.6 Å². The molecule has 0 radical (unpaired) electrons. The number of carbonyl (C=O) groups is 6. The lowest BCUT2D eigenvalue weighted by Crippen LogP contribution is -2.54. The minimum atomic E-state index is -3.67. The fourth-order valence-electron chi connectivity index (χ4n) is 8.43. The van der Waals surface area contributed by atoms with E-state index in [0.29, 0.717) is 53.2 Å². The van der Waals surface area contributed by atoms with Gasteiger partial charge in [0.25, 0.3) is 23.6 Å². The summed E-state index contributed by atoms with van der Waals surface area (Å²) in [5, 5.41) is 11.9. The number of piperazine rings is 1. The molecule has 0 bridgehead atoms. The molecule has 6 amide bonds.